The number of aliphatic carboxylic acids is 1. The van der Waals surface area contributed by atoms with Crippen LogP contribution in [0.3, 0.4) is 0 Å². The molecule has 4 nitrogen and oxygen atoms in total. The Balaban J connectivity index is 2.15. The van der Waals surface area contributed by atoms with E-state index in [2.05, 4.69) is 24.0 Å². The second-order valence-corrected chi connectivity index (χ2v) is 7.60. The van der Waals surface area contributed by atoms with Crippen LogP contribution < -0.4 is 0 Å². The Hall–Kier alpha value is -1.53. The zero-order valence-electron chi connectivity index (χ0n) is 13.9. The number of fused-ring (bicyclic) bond motifs is 3. The Kier molecular flexibility index (Phi) is 5.15. The molecule has 0 bridgehead atoms. The summed E-state index contributed by atoms with van der Waals surface area (Å²) in [5, 5.41) is 10.9. The molecule has 0 saturated carbocycles. The number of thioether (sulfide) groups is 1. The molecule has 6 heteroatoms. The first kappa shape index (κ1) is 17.3. The van der Waals surface area contributed by atoms with Gasteiger partial charge < -0.3 is 15.0 Å². The van der Waals surface area contributed by atoms with Crippen LogP contribution in [0.25, 0.3) is 10.9 Å². The molecule has 1 aromatic heterocycles. The van der Waals surface area contributed by atoms with Gasteiger partial charge in [-0.1, -0.05) is 50.2 Å². The fraction of sp³-hybridized carbons (Fsp3) is 0.444. The van der Waals surface area contributed by atoms with E-state index < -0.39 is 12.0 Å². The number of hydrogen-bond acceptors (Lipinski definition) is 3. The van der Waals surface area contributed by atoms with Crippen molar-refractivity contribution in [1.29, 1.82) is 0 Å². The molecule has 1 aromatic carbocycles. The van der Waals surface area contributed by atoms with Gasteiger partial charge in [0, 0.05) is 23.0 Å². The number of nitrogens with one attached hydrogen (secondary N) is 1. The molecule has 2 heterocycles. The van der Waals surface area contributed by atoms with Gasteiger partial charge in [-0.05, 0) is 24.3 Å². The topological polar surface area (TPSA) is 56.3 Å². The minimum Gasteiger partial charge on any atom is -0.480 e. The van der Waals surface area contributed by atoms with E-state index in [1.54, 1.807) is 0 Å². The molecule has 0 fully saturated rings. The number of aromatic nitrogens is 1. The summed E-state index contributed by atoms with van der Waals surface area (Å²) in [6, 6.07) is 7.54. The number of hydrogen-bond donors (Lipinski definition) is 2. The highest BCUT2D eigenvalue weighted by Gasteiger charge is 2.40. The van der Waals surface area contributed by atoms with E-state index in [1.807, 2.05) is 23.3 Å². The first-order chi connectivity index (χ1) is 11.6. The Morgan fingerprint density at radius 3 is 2.88 bits per heavy atom. The number of carbonyl (C=O) groups is 1. The summed E-state index contributed by atoms with van der Waals surface area (Å²) < 4.78 is 0.660. The molecular weight excluding hydrogens is 340 g/mol. The molecule has 0 aliphatic carbocycles. The predicted octanol–water partition coefficient (Wildman–Crippen LogP) is 4.36. The average Bonchev–Trinajstić information content (AvgIpc) is 2.96. The van der Waals surface area contributed by atoms with Gasteiger partial charge in [0.1, 0.15) is 10.4 Å². The van der Waals surface area contributed by atoms with E-state index in [0.717, 1.165) is 41.4 Å². The number of carboxylic acids is 1. The number of thiocarbonyl (C=S) groups is 1. The van der Waals surface area contributed by atoms with Crippen molar-refractivity contribution in [2.75, 3.05) is 6.26 Å². The molecule has 0 saturated heterocycles. The Bertz CT molecular complexity index is 771. The number of nitrogens with zero attached hydrogens (tertiary/aromatic N) is 1. The minimum absolute atomic E-state index is 0.00199. The smallest absolute Gasteiger partial charge is 0.326 e. The van der Waals surface area contributed by atoms with Crippen molar-refractivity contribution in [2.24, 2.45) is 0 Å². The molecule has 0 radical (unpaired) electrons. The highest BCUT2D eigenvalue weighted by Crippen LogP contribution is 2.41. The average molecular weight is 363 g/mol. The summed E-state index contributed by atoms with van der Waals surface area (Å²) >= 11 is 6.97. The standard InChI is InChI=1S/C18H22N2O2S2/c1-3-4-9-14-16-12(11-7-5-6-8-13(11)19-16)10-15(17(21)22)20(14)18(23)24-2/h5-8,14-15,19H,3-4,9-10H2,1-2H3,(H,21,22)/t14-,15-/m1/s1. The van der Waals surface area contributed by atoms with Gasteiger partial charge in [-0.15, -0.1) is 11.8 Å². The minimum atomic E-state index is -0.802. The molecular formula is C18H22N2O2S2. The van der Waals surface area contributed by atoms with Crippen LogP contribution in [0.15, 0.2) is 24.3 Å². The molecule has 1 aliphatic rings. The Labute approximate surface area is 151 Å². The van der Waals surface area contributed by atoms with Crippen molar-refractivity contribution in [3.8, 4) is 0 Å². The van der Waals surface area contributed by atoms with Crippen LogP contribution in [0.4, 0.5) is 0 Å². The van der Waals surface area contributed by atoms with Crippen molar-refractivity contribution in [3.05, 3.63) is 35.5 Å². The number of benzene rings is 1. The number of aromatic amines is 1. The van der Waals surface area contributed by atoms with E-state index >= 15 is 0 Å². The van der Waals surface area contributed by atoms with Gasteiger partial charge in [0.2, 0.25) is 0 Å². The lowest BCUT2D eigenvalue weighted by Crippen LogP contribution is -2.49. The molecule has 1 aliphatic heterocycles. The lowest BCUT2D eigenvalue weighted by molar-refractivity contribution is -0.142. The van der Waals surface area contributed by atoms with Gasteiger partial charge >= 0.3 is 5.97 Å². The molecule has 2 atom stereocenters. The van der Waals surface area contributed by atoms with E-state index in [1.165, 1.54) is 11.8 Å². The van der Waals surface area contributed by atoms with Crippen molar-refractivity contribution in [2.45, 2.75) is 44.7 Å². The zero-order valence-corrected chi connectivity index (χ0v) is 15.5. The van der Waals surface area contributed by atoms with Crippen molar-refractivity contribution < 1.29 is 9.90 Å². The highest BCUT2D eigenvalue weighted by atomic mass is 32.2. The number of H-pyrrole nitrogens is 1. The van der Waals surface area contributed by atoms with Crippen LogP contribution in [0.1, 0.15) is 43.5 Å². The zero-order chi connectivity index (χ0) is 17.3. The second-order valence-electron chi connectivity index (χ2n) is 6.16. The predicted molar refractivity (Wildman–Crippen MR) is 104 cm³/mol. The fourth-order valence-electron chi connectivity index (χ4n) is 3.62. The summed E-state index contributed by atoms with van der Waals surface area (Å²) in [6.45, 7) is 2.15. The summed E-state index contributed by atoms with van der Waals surface area (Å²) in [6.07, 6.45) is 5.42. The van der Waals surface area contributed by atoms with Crippen LogP contribution in [0.2, 0.25) is 0 Å². The first-order valence-electron chi connectivity index (χ1n) is 8.27. The molecule has 2 N–H and O–H groups in total. The van der Waals surface area contributed by atoms with E-state index in [4.69, 9.17) is 12.2 Å². The molecule has 2 aromatic rings. The lowest BCUT2D eigenvalue weighted by atomic mass is 9.90. The fourth-order valence-corrected chi connectivity index (χ4v) is 4.34. The molecule has 128 valence electrons. The lowest BCUT2D eigenvalue weighted by Gasteiger charge is -2.41. The maximum Gasteiger partial charge on any atom is 0.326 e. The molecule has 24 heavy (non-hydrogen) atoms. The third-order valence-electron chi connectivity index (χ3n) is 4.75. The summed E-state index contributed by atoms with van der Waals surface area (Å²) in [4.78, 5) is 17.4. The van der Waals surface area contributed by atoms with Gasteiger partial charge in [-0.3, -0.25) is 0 Å². The number of rotatable bonds is 4. The third kappa shape index (κ3) is 2.93. The van der Waals surface area contributed by atoms with Gasteiger partial charge in [-0.2, -0.15) is 0 Å². The van der Waals surface area contributed by atoms with Crippen molar-refractivity contribution in [3.63, 3.8) is 0 Å². The SMILES string of the molecule is CCCC[C@@H]1c2[nH]c3ccccc3c2C[C@H](C(=O)O)N1C(=S)SC. The molecule has 0 amide bonds. The maximum atomic E-state index is 12.0. The van der Waals surface area contributed by atoms with Gasteiger partial charge in [0.15, 0.2) is 0 Å². The van der Waals surface area contributed by atoms with E-state index in [9.17, 15) is 9.90 Å². The summed E-state index contributed by atoms with van der Waals surface area (Å²) in [7, 11) is 0. The quantitative estimate of drug-likeness (QED) is 0.792. The number of para-hydroxylation sites is 1. The van der Waals surface area contributed by atoms with Gasteiger partial charge in [0.25, 0.3) is 0 Å². The summed E-state index contributed by atoms with van der Waals surface area (Å²) in [5.41, 5.74) is 3.35. The maximum absolute atomic E-state index is 12.0. The molecule has 0 unspecified atom stereocenters. The van der Waals surface area contributed by atoms with Crippen LogP contribution in [-0.2, 0) is 11.2 Å². The Morgan fingerprint density at radius 1 is 1.46 bits per heavy atom. The molecule has 0 spiro atoms. The van der Waals surface area contributed by atoms with Crippen LogP contribution in [0, 0.1) is 0 Å². The normalized spacial score (nSPS) is 20.2. The number of carboxylic acid groups (broad SMARTS) is 1. The highest BCUT2D eigenvalue weighted by molar-refractivity contribution is 8.22. The van der Waals surface area contributed by atoms with Gasteiger partial charge in [-0.25, -0.2) is 4.79 Å². The molecule has 3 rings (SSSR count). The second kappa shape index (κ2) is 7.15. The third-order valence-corrected chi connectivity index (χ3v) is 6.02. The monoisotopic (exact) mass is 362 g/mol. The largest absolute Gasteiger partial charge is 0.480 e. The van der Waals surface area contributed by atoms with Crippen LogP contribution in [0.5, 0.6) is 0 Å². The van der Waals surface area contributed by atoms with Crippen molar-refractivity contribution >= 4 is 45.2 Å². The first-order valence-corrected chi connectivity index (χ1v) is 9.90. The van der Waals surface area contributed by atoms with E-state index in [-0.39, 0.29) is 6.04 Å². The number of unbranched alkanes of at least 4 members (excludes halogenated alkanes) is 1. The van der Waals surface area contributed by atoms with Crippen molar-refractivity contribution in [1.82, 2.24) is 9.88 Å². The van der Waals surface area contributed by atoms with Crippen LogP contribution >= 0.6 is 24.0 Å². The van der Waals surface area contributed by atoms with Crippen LogP contribution in [-0.4, -0.2) is 37.6 Å². The van der Waals surface area contributed by atoms with Gasteiger partial charge in [0.05, 0.1) is 6.04 Å². The summed E-state index contributed by atoms with van der Waals surface area (Å²) in [5.74, 6) is -0.802. The Morgan fingerprint density at radius 2 is 2.21 bits per heavy atom. The van der Waals surface area contributed by atoms with E-state index in [0.29, 0.717) is 10.7 Å².